The number of hydrogen-bond acceptors (Lipinski definition) is 3. The molecule has 4 aromatic rings. The molecule has 142 valence electrons. The van der Waals surface area contributed by atoms with Crippen LogP contribution in [0.3, 0.4) is 0 Å². The summed E-state index contributed by atoms with van der Waals surface area (Å²) in [5.41, 5.74) is 2.31. The van der Waals surface area contributed by atoms with Crippen molar-refractivity contribution in [2.45, 2.75) is 13.5 Å². The van der Waals surface area contributed by atoms with Crippen molar-refractivity contribution < 1.29 is 8.78 Å². The lowest BCUT2D eigenvalue weighted by Crippen LogP contribution is -2.20. The molecule has 2 aromatic carbocycles. The van der Waals surface area contributed by atoms with Gasteiger partial charge in [-0.15, -0.1) is 0 Å². The van der Waals surface area contributed by atoms with Crippen molar-refractivity contribution >= 4 is 34.1 Å². The van der Waals surface area contributed by atoms with Crippen molar-refractivity contribution in [2.75, 3.05) is 5.32 Å². The molecule has 0 saturated carbocycles. The summed E-state index contributed by atoms with van der Waals surface area (Å²) in [6.45, 7) is 2.06. The van der Waals surface area contributed by atoms with Crippen LogP contribution in [0.4, 0.5) is 20.4 Å². The van der Waals surface area contributed by atoms with E-state index >= 15 is 0 Å². The molecule has 0 atom stereocenters. The number of aryl methyl sites for hydroxylation is 1. The highest BCUT2D eigenvalue weighted by atomic mass is 35.5. The van der Waals surface area contributed by atoms with Crippen LogP contribution in [-0.4, -0.2) is 14.5 Å². The summed E-state index contributed by atoms with van der Waals surface area (Å²) in [5, 5.41) is 4.05. The molecule has 4 rings (SSSR count). The van der Waals surface area contributed by atoms with Gasteiger partial charge in [0.2, 0.25) is 11.8 Å². The van der Waals surface area contributed by atoms with Crippen molar-refractivity contribution in [2.24, 2.45) is 0 Å². The Balaban J connectivity index is 1.74. The molecule has 0 aliphatic carbocycles. The van der Waals surface area contributed by atoms with Gasteiger partial charge in [0.25, 0.3) is 0 Å². The molecule has 0 spiro atoms. The van der Waals surface area contributed by atoms with Crippen LogP contribution in [0.1, 0.15) is 11.1 Å². The highest BCUT2D eigenvalue weighted by molar-refractivity contribution is 6.30. The number of nitrogens with zero attached hydrogens (tertiary/aromatic N) is 2. The van der Waals surface area contributed by atoms with Gasteiger partial charge in [0, 0.05) is 29.0 Å². The Bertz CT molecular complexity index is 1250. The van der Waals surface area contributed by atoms with Gasteiger partial charge in [-0.3, -0.25) is 4.79 Å². The molecule has 28 heavy (non-hydrogen) atoms. The number of H-pyrrole nitrogens is 1. The molecule has 0 bridgehead atoms. The number of aromatic amines is 1. The second-order valence-electron chi connectivity index (χ2n) is 6.45. The summed E-state index contributed by atoms with van der Waals surface area (Å²) in [5.74, 6) is -1.34. The Kier molecular flexibility index (Phi) is 4.60. The molecule has 0 radical (unpaired) electrons. The van der Waals surface area contributed by atoms with E-state index in [-0.39, 0.29) is 17.5 Å². The Labute approximate surface area is 163 Å². The third-order valence-electron chi connectivity index (χ3n) is 4.43. The largest absolute Gasteiger partial charge is 0.361 e. The fraction of sp³-hybridized carbons (Fsp3) is 0.100. The van der Waals surface area contributed by atoms with E-state index in [9.17, 15) is 13.6 Å². The minimum absolute atomic E-state index is 0.0322. The fourth-order valence-electron chi connectivity index (χ4n) is 2.99. The van der Waals surface area contributed by atoms with Gasteiger partial charge in [-0.2, -0.15) is 9.37 Å². The van der Waals surface area contributed by atoms with Gasteiger partial charge in [-0.1, -0.05) is 17.7 Å². The minimum Gasteiger partial charge on any atom is -0.361 e. The summed E-state index contributed by atoms with van der Waals surface area (Å²) in [7, 11) is 0. The van der Waals surface area contributed by atoms with Crippen LogP contribution in [0.15, 0.2) is 53.6 Å². The molecule has 0 aliphatic heterocycles. The number of anilines is 2. The van der Waals surface area contributed by atoms with Crippen molar-refractivity contribution in [1.82, 2.24) is 14.5 Å². The topological polar surface area (TPSA) is 62.7 Å². The normalized spacial score (nSPS) is 11.1. The summed E-state index contributed by atoms with van der Waals surface area (Å²) in [6, 6.07) is 10.0. The predicted octanol–water partition coefficient (Wildman–Crippen LogP) is 4.76. The Morgan fingerprint density at radius 1 is 1.18 bits per heavy atom. The SMILES string of the molecule is Cc1cc2[nH]ccc2cc1Nc1nc(=O)c(F)cn1Cc1ccc(F)c(Cl)c1. The lowest BCUT2D eigenvalue weighted by molar-refractivity contribution is 0.578. The van der Waals surface area contributed by atoms with Gasteiger partial charge in [0.1, 0.15) is 5.82 Å². The molecule has 0 unspecified atom stereocenters. The summed E-state index contributed by atoms with van der Waals surface area (Å²) < 4.78 is 28.7. The number of rotatable bonds is 4. The van der Waals surface area contributed by atoms with Crippen LogP contribution in [-0.2, 0) is 6.54 Å². The minimum atomic E-state index is -0.975. The first-order valence-corrected chi connectivity index (χ1v) is 8.84. The monoisotopic (exact) mass is 400 g/mol. The Hall–Kier alpha value is -3.19. The van der Waals surface area contributed by atoms with Crippen molar-refractivity contribution in [3.05, 3.63) is 86.9 Å². The highest BCUT2D eigenvalue weighted by Gasteiger charge is 2.12. The van der Waals surface area contributed by atoms with Gasteiger partial charge in [-0.25, -0.2) is 4.39 Å². The molecule has 2 heterocycles. The Morgan fingerprint density at radius 3 is 2.79 bits per heavy atom. The molecule has 2 aromatic heterocycles. The third-order valence-corrected chi connectivity index (χ3v) is 4.72. The average molecular weight is 401 g/mol. The molecule has 0 fully saturated rings. The maximum atomic E-state index is 13.9. The maximum Gasteiger partial charge on any atom is 0.310 e. The van der Waals surface area contributed by atoms with Crippen molar-refractivity contribution in [3.8, 4) is 0 Å². The van der Waals surface area contributed by atoms with Crippen LogP contribution >= 0.6 is 11.6 Å². The van der Waals surface area contributed by atoms with E-state index in [0.29, 0.717) is 5.56 Å². The molecule has 2 N–H and O–H groups in total. The number of hydrogen-bond donors (Lipinski definition) is 2. The fourth-order valence-corrected chi connectivity index (χ4v) is 3.19. The Morgan fingerprint density at radius 2 is 2.00 bits per heavy atom. The van der Waals surface area contributed by atoms with Gasteiger partial charge in [0.05, 0.1) is 11.6 Å². The van der Waals surface area contributed by atoms with E-state index < -0.39 is 17.2 Å². The van der Waals surface area contributed by atoms with Crippen molar-refractivity contribution in [1.29, 1.82) is 0 Å². The number of halogens is 3. The highest BCUT2D eigenvalue weighted by Crippen LogP contribution is 2.25. The van der Waals surface area contributed by atoms with Crippen LogP contribution in [0.5, 0.6) is 0 Å². The summed E-state index contributed by atoms with van der Waals surface area (Å²) in [6.07, 6.45) is 2.90. The van der Waals surface area contributed by atoms with E-state index in [1.807, 2.05) is 31.3 Å². The van der Waals surface area contributed by atoms with E-state index in [1.165, 1.54) is 22.8 Å². The van der Waals surface area contributed by atoms with E-state index in [4.69, 9.17) is 11.6 Å². The zero-order chi connectivity index (χ0) is 19.8. The van der Waals surface area contributed by atoms with E-state index in [0.717, 1.165) is 28.4 Å². The standard InChI is InChI=1S/C20H15ClF2N4O/c1-11-6-18-13(4-5-24-18)8-17(11)25-20-26-19(28)16(23)10-27(20)9-12-2-3-15(22)14(21)7-12/h2-8,10,24H,9H2,1H3,(H,25,26,28). The lowest BCUT2D eigenvalue weighted by atomic mass is 10.1. The smallest absolute Gasteiger partial charge is 0.310 e. The zero-order valence-corrected chi connectivity index (χ0v) is 15.5. The molecular weight excluding hydrogens is 386 g/mol. The molecular formula is C20H15ClF2N4O. The lowest BCUT2D eigenvalue weighted by Gasteiger charge is -2.16. The van der Waals surface area contributed by atoms with E-state index in [1.54, 1.807) is 0 Å². The van der Waals surface area contributed by atoms with Crippen LogP contribution < -0.4 is 10.9 Å². The first kappa shape index (κ1) is 18.2. The maximum absolute atomic E-state index is 13.9. The van der Waals surface area contributed by atoms with Gasteiger partial charge < -0.3 is 14.9 Å². The average Bonchev–Trinajstić information content (AvgIpc) is 3.09. The first-order valence-electron chi connectivity index (χ1n) is 8.46. The number of fused-ring (bicyclic) bond motifs is 1. The summed E-state index contributed by atoms with van der Waals surface area (Å²) in [4.78, 5) is 18.7. The summed E-state index contributed by atoms with van der Waals surface area (Å²) >= 11 is 5.83. The molecule has 5 nitrogen and oxygen atoms in total. The number of nitrogens with one attached hydrogen (secondary N) is 2. The second kappa shape index (κ2) is 7.09. The van der Waals surface area contributed by atoms with Crippen LogP contribution in [0, 0.1) is 18.6 Å². The number of aromatic nitrogens is 3. The molecule has 0 saturated heterocycles. The van der Waals surface area contributed by atoms with E-state index in [2.05, 4.69) is 15.3 Å². The second-order valence-corrected chi connectivity index (χ2v) is 6.86. The van der Waals surface area contributed by atoms with Crippen LogP contribution in [0.25, 0.3) is 10.9 Å². The van der Waals surface area contributed by atoms with Gasteiger partial charge >= 0.3 is 5.56 Å². The van der Waals surface area contributed by atoms with Gasteiger partial charge in [0.15, 0.2) is 0 Å². The van der Waals surface area contributed by atoms with Crippen LogP contribution in [0.2, 0.25) is 5.02 Å². The first-order chi connectivity index (χ1) is 13.4. The zero-order valence-electron chi connectivity index (χ0n) is 14.8. The van der Waals surface area contributed by atoms with Gasteiger partial charge in [-0.05, 0) is 48.4 Å². The number of benzene rings is 2. The molecule has 0 amide bonds. The molecule has 0 aliphatic rings. The third kappa shape index (κ3) is 3.48. The quantitative estimate of drug-likeness (QED) is 0.519. The molecule has 8 heteroatoms. The predicted molar refractivity (Wildman–Crippen MR) is 105 cm³/mol. The van der Waals surface area contributed by atoms with Crippen molar-refractivity contribution in [3.63, 3.8) is 0 Å².